The monoisotopic (exact) mass is 264 g/mol. The minimum atomic E-state index is -0.128. The molecule has 2 amide bonds. The molecule has 0 unspecified atom stereocenters. The van der Waals surface area contributed by atoms with E-state index in [1.165, 1.54) is 0 Å². The van der Waals surface area contributed by atoms with Gasteiger partial charge in [0.25, 0.3) is 0 Å². The first-order valence-corrected chi connectivity index (χ1v) is 6.38. The van der Waals surface area contributed by atoms with E-state index in [1.54, 1.807) is 6.07 Å². The van der Waals surface area contributed by atoms with Gasteiger partial charge < -0.3 is 24.8 Å². The lowest BCUT2D eigenvalue weighted by Gasteiger charge is -2.08. The van der Waals surface area contributed by atoms with Crippen LogP contribution in [0.1, 0.15) is 12.8 Å². The summed E-state index contributed by atoms with van der Waals surface area (Å²) in [6, 6.07) is 5.65. The first kappa shape index (κ1) is 12.0. The average Bonchev–Trinajstić information content (AvgIpc) is 3.09. The van der Waals surface area contributed by atoms with Crippen LogP contribution >= 0.6 is 0 Å². The molecule has 6 nitrogen and oxygen atoms in total. The van der Waals surface area contributed by atoms with Gasteiger partial charge in [0.05, 0.1) is 6.54 Å². The molecule has 0 bridgehead atoms. The lowest BCUT2D eigenvalue weighted by Crippen LogP contribution is -2.38. The van der Waals surface area contributed by atoms with Crippen molar-refractivity contribution in [3.05, 3.63) is 18.2 Å². The molecular weight excluding hydrogens is 248 g/mol. The number of amides is 2. The van der Waals surface area contributed by atoms with Crippen molar-refractivity contribution in [2.24, 2.45) is 0 Å². The fourth-order valence-electron chi connectivity index (χ4n) is 1.76. The van der Waals surface area contributed by atoms with Crippen molar-refractivity contribution in [1.82, 2.24) is 10.6 Å². The number of hydrogen-bond acceptors (Lipinski definition) is 4. The van der Waals surface area contributed by atoms with Crippen LogP contribution in [0, 0.1) is 0 Å². The van der Waals surface area contributed by atoms with Gasteiger partial charge in [0.15, 0.2) is 11.5 Å². The van der Waals surface area contributed by atoms with Crippen molar-refractivity contribution in [1.29, 1.82) is 0 Å². The third-order valence-electron chi connectivity index (χ3n) is 2.91. The minimum Gasteiger partial charge on any atom is -0.492 e. The smallest absolute Gasteiger partial charge is 0.315 e. The Kier molecular flexibility index (Phi) is 3.31. The van der Waals surface area contributed by atoms with E-state index in [0.717, 1.165) is 18.6 Å². The normalized spacial score (nSPS) is 16.0. The molecule has 0 saturated heterocycles. The highest BCUT2D eigenvalue weighted by Gasteiger charge is 2.22. The second-order valence-electron chi connectivity index (χ2n) is 4.54. The van der Waals surface area contributed by atoms with Gasteiger partial charge in [-0.3, -0.25) is 0 Å². The zero-order valence-corrected chi connectivity index (χ0v) is 10.5. The molecule has 6 heteroatoms. The van der Waals surface area contributed by atoms with Crippen LogP contribution in [0.4, 0.5) is 4.79 Å². The Balaban J connectivity index is 1.38. The number of rotatable bonds is 5. The molecule has 0 spiro atoms. The summed E-state index contributed by atoms with van der Waals surface area (Å²) in [5.74, 6) is 2.12. The zero-order chi connectivity index (χ0) is 13.1. The highest BCUT2D eigenvalue weighted by atomic mass is 16.7. The quantitative estimate of drug-likeness (QED) is 0.785. The highest BCUT2D eigenvalue weighted by molar-refractivity contribution is 5.74. The van der Waals surface area contributed by atoms with Gasteiger partial charge in [0, 0.05) is 12.1 Å². The van der Waals surface area contributed by atoms with Crippen LogP contribution in [0.15, 0.2) is 18.2 Å². The molecule has 0 atom stereocenters. The standard InChI is InChI=1S/C13H16N2O4/c16-13(15-9-1-2-9)14-5-6-17-10-3-4-11-12(7-10)19-8-18-11/h3-4,7,9H,1-2,5-6,8H2,(H2,14,15,16). The van der Waals surface area contributed by atoms with Crippen molar-refractivity contribution >= 4 is 6.03 Å². The maximum Gasteiger partial charge on any atom is 0.315 e. The second-order valence-corrected chi connectivity index (χ2v) is 4.54. The number of carbonyl (C=O) groups excluding carboxylic acids is 1. The Bertz CT molecular complexity index is 474. The Morgan fingerprint density at radius 2 is 2.16 bits per heavy atom. The SMILES string of the molecule is O=C(NCCOc1ccc2c(c1)OCO2)NC1CC1. The molecule has 1 aromatic carbocycles. The van der Waals surface area contributed by atoms with Gasteiger partial charge in [-0.25, -0.2) is 4.79 Å². The fourth-order valence-corrected chi connectivity index (χ4v) is 1.76. The fraction of sp³-hybridized carbons (Fsp3) is 0.462. The van der Waals surface area contributed by atoms with E-state index in [4.69, 9.17) is 14.2 Å². The first-order chi connectivity index (χ1) is 9.31. The predicted molar refractivity (Wildman–Crippen MR) is 67.6 cm³/mol. The van der Waals surface area contributed by atoms with E-state index in [0.29, 0.717) is 30.7 Å². The van der Waals surface area contributed by atoms with Crippen LogP contribution in [0.25, 0.3) is 0 Å². The minimum absolute atomic E-state index is 0.128. The molecule has 1 saturated carbocycles. The Hall–Kier alpha value is -2.11. The van der Waals surface area contributed by atoms with Crippen LogP contribution in [0.5, 0.6) is 17.2 Å². The maximum atomic E-state index is 11.3. The molecule has 1 heterocycles. The van der Waals surface area contributed by atoms with E-state index in [-0.39, 0.29) is 12.8 Å². The van der Waals surface area contributed by atoms with Crippen LogP contribution in [-0.4, -0.2) is 32.0 Å². The van der Waals surface area contributed by atoms with Gasteiger partial charge in [-0.15, -0.1) is 0 Å². The number of urea groups is 1. The maximum absolute atomic E-state index is 11.3. The molecule has 0 radical (unpaired) electrons. The summed E-state index contributed by atoms with van der Waals surface area (Å²) in [5, 5.41) is 5.59. The summed E-state index contributed by atoms with van der Waals surface area (Å²) in [4.78, 5) is 11.3. The summed E-state index contributed by atoms with van der Waals surface area (Å²) in [7, 11) is 0. The van der Waals surface area contributed by atoms with Crippen molar-refractivity contribution < 1.29 is 19.0 Å². The Morgan fingerprint density at radius 1 is 1.32 bits per heavy atom. The molecule has 3 rings (SSSR count). The molecule has 1 aliphatic carbocycles. The number of nitrogens with one attached hydrogen (secondary N) is 2. The van der Waals surface area contributed by atoms with E-state index in [9.17, 15) is 4.79 Å². The van der Waals surface area contributed by atoms with E-state index in [2.05, 4.69) is 10.6 Å². The summed E-state index contributed by atoms with van der Waals surface area (Å²) < 4.78 is 16.0. The third-order valence-corrected chi connectivity index (χ3v) is 2.91. The van der Waals surface area contributed by atoms with Gasteiger partial charge in [0.2, 0.25) is 6.79 Å². The number of carbonyl (C=O) groups is 1. The Labute approximate surface area is 111 Å². The summed E-state index contributed by atoms with van der Waals surface area (Å²) in [6.45, 7) is 1.13. The largest absolute Gasteiger partial charge is 0.492 e. The lowest BCUT2D eigenvalue weighted by molar-refractivity contribution is 0.173. The van der Waals surface area contributed by atoms with E-state index >= 15 is 0 Å². The van der Waals surface area contributed by atoms with Crippen LogP contribution < -0.4 is 24.8 Å². The molecule has 1 aliphatic heterocycles. The zero-order valence-electron chi connectivity index (χ0n) is 10.5. The van der Waals surface area contributed by atoms with Gasteiger partial charge in [0.1, 0.15) is 12.4 Å². The lowest BCUT2D eigenvalue weighted by atomic mass is 10.3. The van der Waals surface area contributed by atoms with Crippen molar-refractivity contribution in [3.8, 4) is 17.2 Å². The average molecular weight is 264 g/mol. The van der Waals surface area contributed by atoms with Crippen LogP contribution in [-0.2, 0) is 0 Å². The van der Waals surface area contributed by atoms with E-state index < -0.39 is 0 Å². The molecule has 102 valence electrons. The molecular formula is C13H16N2O4. The molecule has 0 aromatic heterocycles. The second kappa shape index (κ2) is 5.26. The first-order valence-electron chi connectivity index (χ1n) is 6.38. The van der Waals surface area contributed by atoms with Crippen LogP contribution in [0.2, 0.25) is 0 Å². The topological polar surface area (TPSA) is 68.8 Å². The van der Waals surface area contributed by atoms with Crippen molar-refractivity contribution in [2.75, 3.05) is 19.9 Å². The predicted octanol–water partition coefficient (Wildman–Crippen LogP) is 1.26. The summed E-state index contributed by atoms with van der Waals surface area (Å²) >= 11 is 0. The highest BCUT2D eigenvalue weighted by Crippen LogP contribution is 2.34. The summed E-state index contributed by atoms with van der Waals surface area (Å²) in [5.41, 5.74) is 0. The number of ether oxygens (including phenoxy) is 3. The number of fused-ring (bicyclic) bond motifs is 1. The van der Waals surface area contributed by atoms with Gasteiger partial charge in [-0.1, -0.05) is 0 Å². The van der Waals surface area contributed by atoms with Crippen molar-refractivity contribution in [3.63, 3.8) is 0 Å². The summed E-state index contributed by atoms with van der Waals surface area (Å²) in [6.07, 6.45) is 2.17. The molecule has 2 N–H and O–H groups in total. The number of hydrogen-bond donors (Lipinski definition) is 2. The third kappa shape index (κ3) is 3.21. The Morgan fingerprint density at radius 3 is 3.00 bits per heavy atom. The van der Waals surface area contributed by atoms with Gasteiger partial charge in [-0.2, -0.15) is 0 Å². The molecule has 19 heavy (non-hydrogen) atoms. The molecule has 1 aromatic rings. The number of benzene rings is 1. The van der Waals surface area contributed by atoms with Gasteiger partial charge >= 0.3 is 6.03 Å². The van der Waals surface area contributed by atoms with E-state index in [1.807, 2.05) is 12.1 Å². The molecule has 2 aliphatic rings. The van der Waals surface area contributed by atoms with Gasteiger partial charge in [-0.05, 0) is 25.0 Å². The van der Waals surface area contributed by atoms with Crippen LogP contribution in [0.3, 0.4) is 0 Å². The molecule has 1 fully saturated rings. The van der Waals surface area contributed by atoms with Crippen molar-refractivity contribution in [2.45, 2.75) is 18.9 Å².